The molecule has 0 saturated heterocycles. The molecule has 0 aliphatic heterocycles. The number of carbonyl (C=O) groups excluding carboxylic acids is 2. The zero-order chi connectivity index (χ0) is 22.8. The maximum Gasteiger partial charge on any atom is 0.351 e. The first kappa shape index (κ1) is 21.7. The van der Waals surface area contributed by atoms with Crippen LogP contribution >= 0.6 is 22.9 Å². The van der Waals surface area contributed by atoms with E-state index < -0.39 is 18.5 Å². The topological polar surface area (TPSA) is 125 Å². The Morgan fingerprint density at radius 1 is 1.22 bits per heavy atom. The Balaban J connectivity index is 1.41. The van der Waals surface area contributed by atoms with Crippen LogP contribution in [-0.2, 0) is 16.1 Å². The monoisotopic (exact) mass is 470 g/mol. The third-order valence-electron chi connectivity index (χ3n) is 4.66. The van der Waals surface area contributed by atoms with Gasteiger partial charge in [0.2, 0.25) is 0 Å². The molecule has 164 valence electrons. The summed E-state index contributed by atoms with van der Waals surface area (Å²) in [4.78, 5) is 34.3. The number of amides is 1. The van der Waals surface area contributed by atoms with Crippen molar-refractivity contribution in [1.82, 2.24) is 19.7 Å². The quantitative estimate of drug-likeness (QED) is 0.412. The number of nitrogens with one attached hydrogen (secondary N) is 1. The molecule has 0 aliphatic rings. The molecule has 0 atom stereocenters. The molecule has 1 amide bonds. The van der Waals surface area contributed by atoms with Gasteiger partial charge in [-0.25, -0.2) is 19.4 Å². The van der Waals surface area contributed by atoms with Crippen LogP contribution in [0.15, 0.2) is 36.5 Å². The SMILES string of the molecule is Cc1nc(C)c2c(N)c(C(=O)OCC(=O)Nc3ccnn3Cc3ccccc3Cl)sc2n1. The second-order valence-corrected chi connectivity index (χ2v) is 8.38. The summed E-state index contributed by atoms with van der Waals surface area (Å²) < 4.78 is 6.77. The predicted molar refractivity (Wildman–Crippen MR) is 123 cm³/mol. The van der Waals surface area contributed by atoms with E-state index >= 15 is 0 Å². The van der Waals surface area contributed by atoms with Gasteiger partial charge in [0, 0.05) is 11.1 Å². The summed E-state index contributed by atoms with van der Waals surface area (Å²) in [6.45, 7) is 3.46. The fourth-order valence-electron chi connectivity index (χ4n) is 3.21. The van der Waals surface area contributed by atoms with Gasteiger partial charge in [-0.05, 0) is 25.5 Å². The number of aromatic nitrogens is 4. The van der Waals surface area contributed by atoms with Crippen molar-refractivity contribution in [1.29, 1.82) is 0 Å². The van der Waals surface area contributed by atoms with Gasteiger partial charge in [0.15, 0.2) is 6.61 Å². The largest absolute Gasteiger partial charge is 0.451 e. The molecule has 3 aromatic heterocycles. The Labute approximate surface area is 192 Å². The van der Waals surface area contributed by atoms with Crippen molar-refractivity contribution in [3.05, 3.63) is 63.5 Å². The van der Waals surface area contributed by atoms with E-state index in [9.17, 15) is 9.59 Å². The molecule has 0 radical (unpaired) electrons. The number of nitrogens with two attached hydrogens (primary N) is 1. The molecule has 9 nitrogen and oxygen atoms in total. The number of thiophene rings is 1. The molecule has 32 heavy (non-hydrogen) atoms. The summed E-state index contributed by atoms with van der Waals surface area (Å²) in [7, 11) is 0. The van der Waals surface area contributed by atoms with Gasteiger partial charge in [-0.2, -0.15) is 5.10 Å². The normalized spacial score (nSPS) is 11.0. The number of fused-ring (bicyclic) bond motifs is 1. The minimum Gasteiger partial charge on any atom is -0.451 e. The van der Waals surface area contributed by atoms with Gasteiger partial charge in [-0.15, -0.1) is 11.3 Å². The lowest BCUT2D eigenvalue weighted by Gasteiger charge is -2.10. The highest BCUT2D eigenvalue weighted by Crippen LogP contribution is 2.34. The van der Waals surface area contributed by atoms with Crippen molar-refractivity contribution in [3.8, 4) is 0 Å². The van der Waals surface area contributed by atoms with Gasteiger partial charge in [0.25, 0.3) is 5.91 Å². The third-order valence-corrected chi connectivity index (χ3v) is 6.11. The van der Waals surface area contributed by atoms with Gasteiger partial charge in [-0.3, -0.25) is 4.79 Å². The number of rotatable bonds is 6. The number of hydrogen-bond donors (Lipinski definition) is 2. The smallest absolute Gasteiger partial charge is 0.351 e. The average Bonchev–Trinajstić information content (AvgIpc) is 3.31. The fraction of sp³-hybridized carbons (Fsp3) is 0.190. The molecule has 0 bridgehead atoms. The molecule has 3 heterocycles. The summed E-state index contributed by atoms with van der Waals surface area (Å²) in [6, 6.07) is 9.01. The van der Waals surface area contributed by atoms with Crippen LogP contribution in [0.25, 0.3) is 10.2 Å². The Bertz CT molecular complexity index is 1330. The number of benzene rings is 1. The van der Waals surface area contributed by atoms with E-state index in [2.05, 4.69) is 20.4 Å². The predicted octanol–water partition coefficient (Wildman–Crippen LogP) is 3.58. The minimum atomic E-state index is -0.692. The van der Waals surface area contributed by atoms with Crippen LogP contribution in [0.2, 0.25) is 5.02 Å². The maximum atomic E-state index is 12.5. The molecule has 11 heteroatoms. The van der Waals surface area contributed by atoms with Crippen molar-refractivity contribution in [2.45, 2.75) is 20.4 Å². The van der Waals surface area contributed by atoms with Gasteiger partial charge in [-0.1, -0.05) is 29.8 Å². The van der Waals surface area contributed by atoms with Crippen molar-refractivity contribution in [2.24, 2.45) is 0 Å². The van der Waals surface area contributed by atoms with Crippen molar-refractivity contribution in [3.63, 3.8) is 0 Å². The van der Waals surface area contributed by atoms with E-state index in [1.165, 1.54) is 0 Å². The Hall–Kier alpha value is -3.50. The number of esters is 1. The van der Waals surface area contributed by atoms with Crippen LogP contribution < -0.4 is 11.1 Å². The number of nitrogen functional groups attached to an aromatic ring is 1. The Kier molecular flexibility index (Phi) is 6.06. The fourth-order valence-corrected chi connectivity index (χ4v) is 4.49. The number of anilines is 2. The molecular formula is C21H19ClN6O3S. The first-order chi connectivity index (χ1) is 15.3. The maximum absolute atomic E-state index is 12.5. The molecule has 0 aliphatic carbocycles. The number of carbonyl (C=O) groups is 2. The summed E-state index contributed by atoms with van der Waals surface area (Å²) in [5, 5.41) is 8.12. The molecule has 4 aromatic rings. The standard InChI is InChI=1S/C21H19ClN6O3S/c1-11-17-18(23)19(32-20(17)26-12(2)25-11)21(30)31-10-16(29)27-15-7-8-24-28(15)9-13-5-3-4-6-14(13)22/h3-8H,9-10,23H2,1-2H3,(H,27,29). The molecule has 3 N–H and O–H groups in total. The van der Waals surface area contributed by atoms with Crippen LogP contribution in [0.4, 0.5) is 11.5 Å². The molecule has 4 rings (SSSR count). The van der Waals surface area contributed by atoms with E-state index in [4.69, 9.17) is 22.1 Å². The zero-order valence-electron chi connectivity index (χ0n) is 17.3. The van der Waals surface area contributed by atoms with Gasteiger partial charge >= 0.3 is 5.97 Å². The highest BCUT2D eigenvalue weighted by atomic mass is 35.5. The lowest BCUT2D eigenvalue weighted by molar-refractivity contribution is -0.119. The van der Waals surface area contributed by atoms with Crippen LogP contribution in [0, 0.1) is 13.8 Å². The summed E-state index contributed by atoms with van der Waals surface area (Å²) in [6.07, 6.45) is 1.56. The minimum absolute atomic E-state index is 0.194. The second kappa shape index (κ2) is 8.93. The van der Waals surface area contributed by atoms with Gasteiger partial charge in [0.1, 0.15) is 21.3 Å². The average molecular weight is 471 g/mol. The van der Waals surface area contributed by atoms with Crippen molar-refractivity contribution >= 4 is 56.5 Å². The van der Waals surface area contributed by atoms with E-state index in [0.717, 1.165) is 16.9 Å². The lowest BCUT2D eigenvalue weighted by atomic mass is 10.2. The molecular weight excluding hydrogens is 452 g/mol. The number of aryl methyl sites for hydroxylation is 2. The van der Waals surface area contributed by atoms with Gasteiger partial charge < -0.3 is 15.8 Å². The highest BCUT2D eigenvalue weighted by Gasteiger charge is 2.21. The molecule has 0 unspecified atom stereocenters. The van der Waals surface area contributed by atoms with Crippen LogP contribution in [-0.4, -0.2) is 38.2 Å². The number of ether oxygens (including phenoxy) is 1. The van der Waals surface area contributed by atoms with Crippen LogP contribution in [0.5, 0.6) is 0 Å². The van der Waals surface area contributed by atoms with Crippen LogP contribution in [0.3, 0.4) is 0 Å². The Morgan fingerprint density at radius 3 is 2.78 bits per heavy atom. The summed E-state index contributed by atoms with van der Waals surface area (Å²) in [5.41, 5.74) is 7.91. The lowest BCUT2D eigenvalue weighted by Crippen LogP contribution is -2.22. The summed E-state index contributed by atoms with van der Waals surface area (Å²) in [5.74, 6) is -0.161. The van der Waals surface area contributed by atoms with E-state index in [-0.39, 0.29) is 10.6 Å². The molecule has 0 fully saturated rings. The number of halogens is 1. The first-order valence-electron chi connectivity index (χ1n) is 9.59. The number of nitrogens with zero attached hydrogens (tertiary/aromatic N) is 4. The number of hydrogen-bond acceptors (Lipinski definition) is 8. The highest BCUT2D eigenvalue weighted by molar-refractivity contribution is 7.21. The summed E-state index contributed by atoms with van der Waals surface area (Å²) >= 11 is 7.31. The van der Waals surface area contributed by atoms with E-state index in [0.29, 0.717) is 39.1 Å². The third kappa shape index (κ3) is 4.41. The first-order valence-corrected chi connectivity index (χ1v) is 10.8. The van der Waals surface area contributed by atoms with Crippen molar-refractivity contribution in [2.75, 3.05) is 17.7 Å². The van der Waals surface area contributed by atoms with Gasteiger partial charge in [0.05, 0.1) is 29.5 Å². The second-order valence-electron chi connectivity index (χ2n) is 6.97. The Morgan fingerprint density at radius 2 is 2.00 bits per heavy atom. The zero-order valence-corrected chi connectivity index (χ0v) is 18.8. The molecule has 0 spiro atoms. The van der Waals surface area contributed by atoms with E-state index in [1.807, 2.05) is 18.2 Å². The van der Waals surface area contributed by atoms with Crippen LogP contribution in [0.1, 0.15) is 26.8 Å². The molecule has 0 saturated carbocycles. The van der Waals surface area contributed by atoms with Crippen molar-refractivity contribution < 1.29 is 14.3 Å². The molecule has 1 aromatic carbocycles. The van der Waals surface area contributed by atoms with E-state index in [1.54, 1.807) is 36.9 Å².